The molecular weight excluding hydrogens is 216 g/mol. The summed E-state index contributed by atoms with van der Waals surface area (Å²) in [6.07, 6.45) is 1.49. The molecule has 0 bridgehead atoms. The number of amides is 1. The summed E-state index contributed by atoms with van der Waals surface area (Å²) in [4.78, 5) is 17.3. The minimum absolute atomic E-state index is 0.430. The number of hydrogen-bond acceptors (Lipinski definition) is 4. The largest absolute Gasteiger partial charge is 0.369 e. The van der Waals surface area contributed by atoms with Gasteiger partial charge in [-0.1, -0.05) is 13.8 Å². The maximum atomic E-state index is 10.8. The highest BCUT2D eigenvalue weighted by Gasteiger charge is 2.01. The van der Waals surface area contributed by atoms with Crippen molar-refractivity contribution in [3.05, 3.63) is 23.9 Å². The van der Waals surface area contributed by atoms with Gasteiger partial charge in [0.1, 0.15) is 5.82 Å². The Morgan fingerprint density at radius 2 is 2.12 bits per heavy atom. The number of carbonyl (C=O) groups excluding carboxylic acids is 1. The number of pyridine rings is 1. The first-order chi connectivity index (χ1) is 8.17. The van der Waals surface area contributed by atoms with E-state index in [-0.39, 0.29) is 0 Å². The van der Waals surface area contributed by atoms with Gasteiger partial charge in [0.05, 0.1) is 5.56 Å². The number of hydrogen-bond donors (Lipinski definition) is 2. The van der Waals surface area contributed by atoms with Crippen molar-refractivity contribution in [2.75, 3.05) is 31.5 Å². The van der Waals surface area contributed by atoms with Gasteiger partial charge >= 0.3 is 0 Å². The fourth-order valence-electron chi connectivity index (χ4n) is 1.53. The second-order valence-corrected chi connectivity index (χ2v) is 3.75. The molecular formula is C12H20N4O. The Morgan fingerprint density at radius 3 is 2.59 bits per heavy atom. The van der Waals surface area contributed by atoms with E-state index in [9.17, 15) is 4.79 Å². The Labute approximate surface area is 102 Å². The molecule has 0 spiro atoms. The number of aromatic nitrogens is 1. The molecule has 1 amide bonds. The summed E-state index contributed by atoms with van der Waals surface area (Å²) in [7, 11) is 0. The van der Waals surface area contributed by atoms with Crippen LogP contribution in [0.2, 0.25) is 0 Å². The van der Waals surface area contributed by atoms with Gasteiger partial charge in [-0.15, -0.1) is 0 Å². The van der Waals surface area contributed by atoms with Gasteiger partial charge in [-0.2, -0.15) is 0 Å². The molecule has 5 nitrogen and oxygen atoms in total. The summed E-state index contributed by atoms with van der Waals surface area (Å²) in [6, 6.07) is 3.44. The molecule has 0 aliphatic rings. The van der Waals surface area contributed by atoms with Crippen molar-refractivity contribution in [1.82, 2.24) is 9.88 Å². The van der Waals surface area contributed by atoms with Crippen LogP contribution in [-0.4, -0.2) is 42.0 Å². The Balaban J connectivity index is 2.39. The van der Waals surface area contributed by atoms with Crippen LogP contribution in [0.15, 0.2) is 18.3 Å². The molecule has 1 rings (SSSR count). The lowest BCUT2D eigenvalue weighted by Crippen LogP contribution is -2.28. The average molecular weight is 236 g/mol. The van der Waals surface area contributed by atoms with Gasteiger partial charge in [-0.05, 0) is 25.2 Å². The number of rotatable bonds is 7. The molecule has 1 heterocycles. The zero-order valence-electron chi connectivity index (χ0n) is 10.4. The predicted molar refractivity (Wildman–Crippen MR) is 69.0 cm³/mol. The molecule has 0 radical (unpaired) electrons. The maximum absolute atomic E-state index is 10.8. The lowest BCUT2D eigenvalue weighted by molar-refractivity contribution is 0.1000. The summed E-state index contributed by atoms with van der Waals surface area (Å²) in [6.45, 7) is 8.20. The van der Waals surface area contributed by atoms with E-state index in [0.717, 1.165) is 32.0 Å². The normalized spacial score (nSPS) is 10.5. The molecule has 0 aliphatic heterocycles. The zero-order chi connectivity index (χ0) is 12.7. The van der Waals surface area contributed by atoms with Crippen LogP contribution >= 0.6 is 0 Å². The highest BCUT2D eigenvalue weighted by Crippen LogP contribution is 2.04. The Kier molecular flexibility index (Phi) is 5.42. The number of carbonyl (C=O) groups is 1. The van der Waals surface area contributed by atoms with Crippen LogP contribution in [0.5, 0.6) is 0 Å². The third-order valence-electron chi connectivity index (χ3n) is 2.68. The van der Waals surface area contributed by atoms with Crippen LogP contribution in [0.1, 0.15) is 24.2 Å². The number of primary amides is 1. The minimum Gasteiger partial charge on any atom is -0.369 e. The quantitative estimate of drug-likeness (QED) is 0.739. The molecule has 0 fully saturated rings. The van der Waals surface area contributed by atoms with E-state index in [0.29, 0.717) is 5.56 Å². The molecule has 0 unspecified atom stereocenters. The van der Waals surface area contributed by atoms with Crippen molar-refractivity contribution in [1.29, 1.82) is 0 Å². The van der Waals surface area contributed by atoms with Gasteiger partial charge in [0.15, 0.2) is 0 Å². The fourth-order valence-corrected chi connectivity index (χ4v) is 1.53. The second kappa shape index (κ2) is 6.85. The first-order valence-corrected chi connectivity index (χ1v) is 5.89. The molecule has 3 N–H and O–H groups in total. The molecule has 0 saturated heterocycles. The minimum atomic E-state index is -0.452. The van der Waals surface area contributed by atoms with Crippen molar-refractivity contribution >= 4 is 11.7 Å². The van der Waals surface area contributed by atoms with Crippen LogP contribution < -0.4 is 11.1 Å². The Hall–Kier alpha value is -1.62. The van der Waals surface area contributed by atoms with Gasteiger partial charge in [-0.25, -0.2) is 4.98 Å². The van der Waals surface area contributed by atoms with E-state index >= 15 is 0 Å². The molecule has 17 heavy (non-hydrogen) atoms. The van der Waals surface area contributed by atoms with Crippen molar-refractivity contribution in [2.24, 2.45) is 5.73 Å². The van der Waals surface area contributed by atoms with E-state index < -0.39 is 5.91 Å². The number of nitrogens with zero attached hydrogens (tertiary/aromatic N) is 2. The lowest BCUT2D eigenvalue weighted by atomic mass is 10.3. The van der Waals surface area contributed by atoms with Crippen LogP contribution in [-0.2, 0) is 0 Å². The molecule has 1 aromatic rings. The molecule has 94 valence electrons. The number of nitrogens with two attached hydrogens (primary N) is 1. The highest BCUT2D eigenvalue weighted by atomic mass is 16.1. The van der Waals surface area contributed by atoms with Crippen molar-refractivity contribution in [3.8, 4) is 0 Å². The summed E-state index contributed by atoms with van der Waals surface area (Å²) in [5.74, 6) is 0.314. The first-order valence-electron chi connectivity index (χ1n) is 5.89. The Morgan fingerprint density at radius 1 is 1.41 bits per heavy atom. The Bertz CT molecular complexity index is 346. The van der Waals surface area contributed by atoms with E-state index in [2.05, 4.69) is 29.0 Å². The van der Waals surface area contributed by atoms with E-state index in [1.54, 1.807) is 12.1 Å². The number of nitrogens with one attached hydrogen (secondary N) is 1. The third-order valence-corrected chi connectivity index (χ3v) is 2.68. The van der Waals surface area contributed by atoms with Gasteiger partial charge < -0.3 is 16.0 Å². The molecule has 5 heteroatoms. The van der Waals surface area contributed by atoms with Crippen LogP contribution in [0.4, 0.5) is 5.82 Å². The first kappa shape index (κ1) is 13.4. The number of likely N-dealkylation sites (N-methyl/N-ethyl adjacent to an activating group) is 1. The molecule has 0 atom stereocenters. The van der Waals surface area contributed by atoms with Gasteiger partial charge in [0, 0.05) is 19.3 Å². The maximum Gasteiger partial charge on any atom is 0.250 e. The van der Waals surface area contributed by atoms with Crippen LogP contribution in [0.3, 0.4) is 0 Å². The van der Waals surface area contributed by atoms with Gasteiger partial charge in [0.25, 0.3) is 0 Å². The van der Waals surface area contributed by atoms with Crippen LogP contribution in [0.25, 0.3) is 0 Å². The van der Waals surface area contributed by atoms with Gasteiger partial charge in [-0.3, -0.25) is 4.79 Å². The van der Waals surface area contributed by atoms with Crippen molar-refractivity contribution in [3.63, 3.8) is 0 Å². The zero-order valence-corrected chi connectivity index (χ0v) is 10.4. The van der Waals surface area contributed by atoms with Crippen molar-refractivity contribution < 1.29 is 4.79 Å². The third kappa shape index (κ3) is 4.40. The highest BCUT2D eigenvalue weighted by molar-refractivity contribution is 5.92. The summed E-state index contributed by atoms with van der Waals surface area (Å²) in [5.41, 5.74) is 5.56. The number of anilines is 1. The summed E-state index contributed by atoms with van der Waals surface area (Å²) in [5, 5.41) is 3.21. The van der Waals surface area contributed by atoms with E-state index in [4.69, 9.17) is 5.73 Å². The summed E-state index contributed by atoms with van der Waals surface area (Å²) >= 11 is 0. The monoisotopic (exact) mass is 236 g/mol. The lowest BCUT2D eigenvalue weighted by Gasteiger charge is -2.18. The van der Waals surface area contributed by atoms with E-state index in [1.165, 1.54) is 6.20 Å². The standard InChI is InChI=1S/C12H20N4O/c1-3-16(4-2)8-7-14-11-6-5-10(9-15-11)12(13)17/h5-6,9H,3-4,7-8H2,1-2H3,(H2,13,17)(H,14,15). The second-order valence-electron chi connectivity index (χ2n) is 3.75. The molecule has 0 saturated carbocycles. The summed E-state index contributed by atoms with van der Waals surface area (Å²) < 4.78 is 0. The molecule has 0 aliphatic carbocycles. The smallest absolute Gasteiger partial charge is 0.250 e. The van der Waals surface area contributed by atoms with Crippen molar-refractivity contribution in [2.45, 2.75) is 13.8 Å². The predicted octanol–water partition coefficient (Wildman–Crippen LogP) is 0.934. The van der Waals surface area contributed by atoms with E-state index in [1.807, 2.05) is 0 Å². The molecule has 1 aromatic heterocycles. The SMILES string of the molecule is CCN(CC)CCNc1ccc(C(N)=O)cn1. The van der Waals surface area contributed by atoms with Crippen LogP contribution in [0, 0.1) is 0 Å². The fraction of sp³-hybridized carbons (Fsp3) is 0.500. The average Bonchev–Trinajstić information content (AvgIpc) is 2.35. The molecule has 0 aromatic carbocycles. The van der Waals surface area contributed by atoms with Gasteiger partial charge in [0.2, 0.25) is 5.91 Å². The topological polar surface area (TPSA) is 71.2 Å².